The summed E-state index contributed by atoms with van der Waals surface area (Å²) < 4.78 is 10.9. The van der Waals surface area contributed by atoms with Crippen LogP contribution >= 0.6 is 0 Å². The topological polar surface area (TPSA) is 67.9 Å². The summed E-state index contributed by atoms with van der Waals surface area (Å²) in [6, 6.07) is 20.1. The SMILES string of the molecule is Cc1ccc(NC(=O)C2(c3ccc4c(c3)OCO4)CC2)cc1-c1ccc(CN(C)C(=O)CC(C)C)cc1.[HH]. The predicted molar refractivity (Wildman–Crippen MR) is 147 cm³/mol. The molecule has 3 aromatic rings. The number of aryl methyl sites for hydroxylation is 1. The number of nitrogens with zero attached hydrogens (tertiary/aromatic N) is 1. The predicted octanol–water partition coefficient (Wildman–Crippen LogP) is 6.31. The van der Waals surface area contributed by atoms with Crippen LogP contribution in [0.25, 0.3) is 11.1 Å². The number of benzene rings is 3. The number of hydrogen-bond acceptors (Lipinski definition) is 4. The van der Waals surface area contributed by atoms with E-state index in [1.807, 2.05) is 43.4 Å². The van der Waals surface area contributed by atoms with Crippen molar-refractivity contribution in [2.24, 2.45) is 5.92 Å². The molecule has 1 aliphatic carbocycles. The smallest absolute Gasteiger partial charge is 0.235 e. The lowest BCUT2D eigenvalue weighted by Gasteiger charge is -2.19. The average molecular weight is 501 g/mol. The zero-order chi connectivity index (χ0) is 26.2. The quantitative estimate of drug-likeness (QED) is 0.393. The van der Waals surface area contributed by atoms with Gasteiger partial charge in [0.15, 0.2) is 11.5 Å². The van der Waals surface area contributed by atoms with E-state index in [0.717, 1.165) is 52.1 Å². The lowest BCUT2D eigenvalue weighted by Crippen LogP contribution is -2.27. The Hall–Kier alpha value is -3.80. The second-order valence-electron chi connectivity index (χ2n) is 10.7. The van der Waals surface area contributed by atoms with Crippen LogP contribution in [0.5, 0.6) is 11.5 Å². The standard InChI is InChI=1S/C31H34N2O4.H2/c1-20(2)15-29(34)33(4)18-22-6-8-23(9-7-22)26-17-25(11-5-21(26)3)32-30(35)31(13-14-31)24-10-12-27-28(16-24)37-19-36-27;/h5-12,16-17,20H,13-15,18-19H2,1-4H3,(H,32,35);1H. The summed E-state index contributed by atoms with van der Waals surface area (Å²) in [7, 11) is 1.85. The maximum atomic E-state index is 13.4. The number of amides is 2. The monoisotopic (exact) mass is 500 g/mol. The molecule has 0 radical (unpaired) electrons. The molecule has 0 saturated heterocycles. The van der Waals surface area contributed by atoms with Crippen LogP contribution in [0.1, 0.15) is 51.2 Å². The molecular weight excluding hydrogens is 464 g/mol. The van der Waals surface area contributed by atoms with Crippen LogP contribution in [0.2, 0.25) is 0 Å². The summed E-state index contributed by atoms with van der Waals surface area (Å²) in [6.45, 7) is 6.99. The van der Waals surface area contributed by atoms with Gasteiger partial charge in [-0.25, -0.2) is 0 Å². The van der Waals surface area contributed by atoms with E-state index in [9.17, 15) is 9.59 Å². The van der Waals surface area contributed by atoms with Gasteiger partial charge in [0.25, 0.3) is 0 Å². The van der Waals surface area contributed by atoms with Gasteiger partial charge in [-0.3, -0.25) is 9.59 Å². The lowest BCUT2D eigenvalue weighted by atomic mass is 9.94. The van der Waals surface area contributed by atoms with E-state index in [0.29, 0.717) is 24.6 Å². The zero-order valence-electron chi connectivity index (χ0n) is 22.0. The maximum absolute atomic E-state index is 13.4. The molecule has 5 rings (SSSR count). The van der Waals surface area contributed by atoms with Crippen molar-refractivity contribution in [3.8, 4) is 22.6 Å². The highest BCUT2D eigenvalue weighted by molar-refractivity contribution is 6.02. The lowest BCUT2D eigenvalue weighted by molar-refractivity contribution is -0.131. The Morgan fingerprint density at radius 1 is 1.00 bits per heavy atom. The molecule has 37 heavy (non-hydrogen) atoms. The van der Waals surface area contributed by atoms with Crippen LogP contribution in [-0.4, -0.2) is 30.6 Å². The van der Waals surface area contributed by atoms with E-state index in [-0.39, 0.29) is 20.0 Å². The molecule has 1 N–H and O–H groups in total. The number of hydrogen-bond donors (Lipinski definition) is 1. The minimum Gasteiger partial charge on any atom is -0.454 e. The highest BCUT2D eigenvalue weighted by atomic mass is 16.7. The number of rotatable bonds is 8. The van der Waals surface area contributed by atoms with Crippen LogP contribution < -0.4 is 14.8 Å². The molecule has 0 bridgehead atoms. The van der Waals surface area contributed by atoms with Gasteiger partial charge < -0.3 is 19.7 Å². The van der Waals surface area contributed by atoms with Gasteiger partial charge in [-0.2, -0.15) is 0 Å². The highest BCUT2D eigenvalue weighted by Crippen LogP contribution is 2.51. The first kappa shape index (κ1) is 24.9. The summed E-state index contributed by atoms with van der Waals surface area (Å²) in [5.41, 5.74) is 5.59. The number of ether oxygens (including phenoxy) is 2. The molecule has 3 aromatic carbocycles. The molecule has 0 spiro atoms. The molecule has 2 aliphatic rings. The van der Waals surface area contributed by atoms with Crippen LogP contribution in [0, 0.1) is 12.8 Å². The van der Waals surface area contributed by atoms with Crippen LogP contribution in [0.4, 0.5) is 5.69 Å². The number of fused-ring (bicyclic) bond motifs is 1. The first-order chi connectivity index (χ1) is 17.7. The third kappa shape index (κ3) is 5.19. The van der Waals surface area contributed by atoms with Crippen molar-refractivity contribution < 1.29 is 20.5 Å². The summed E-state index contributed by atoms with van der Waals surface area (Å²) >= 11 is 0. The molecule has 1 fully saturated rings. The summed E-state index contributed by atoms with van der Waals surface area (Å²) in [5, 5.41) is 3.16. The van der Waals surface area contributed by atoms with Gasteiger partial charge in [-0.15, -0.1) is 0 Å². The molecule has 0 atom stereocenters. The number of carbonyl (C=O) groups excluding carboxylic acids is 2. The minimum absolute atomic E-state index is 0. The van der Waals surface area contributed by atoms with E-state index in [2.05, 4.69) is 50.4 Å². The van der Waals surface area contributed by atoms with Gasteiger partial charge in [0.2, 0.25) is 18.6 Å². The van der Waals surface area contributed by atoms with Gasteiger partial charge in [0, 0.05) is 27.1 Å². The third-order valence-corrected chi connectivity index (χ3v) is 7.30. The van der Waals surface area contributed by atoms with Crippen molar-refractivity contribution in [2.75, 3.05) is 19.2 Å². The molecule has 0 aromatic heterocycles. The number of nitrogens with one attached hydrogen (secondary N) is 1. The van der Waals surface area contributed by atoms with Gasteiger partial charge in [0.05, 0.1) is 5.41 Å². The van der Waals surface area contributed by atoms with Crippen molar-refractivity contribution in [1.82, 2.24) is 4.90 Å². The van der Waals surface area contributed by atoms with E-state index in [4.69, 9.17) is 9.47 Å². The Bertz CT molecular complexity index is 1330. The summed E-state index contributed by atoms with van der Waals surface area (Å²) in [6.07, 6.45) is 2.18. The second kappa shape index (κ2) is 9.92. The fraction of sp³-hybridized carbons (Fsp3) is 0.355. The van der Waals surface area contributed by atoms with Crippen LogP contribution in [0.3, 0.4) is 0 Å². The molecule has 1 saturated carbocycles. The van der Waals surface area contributed by atoms with Gasteiger partial charge in [-0.1, -0.05) is 50.2 Å². The molecule has 1 aliphatic heterocycles. The van der Waals surface area contributed by atoms with Gasteiger partial charge >= 0.3 is 0 Å². The molecule has 0 unspecified atom stereocenters. The third-order valence-electron chi connectivity index (χ3n) is 7.30. The Balaban J connectivity index is 0.00000336. The normalized spacial score (nSPS) is 14.9. The molecular formula is C31H36N2O4. The first-order valence-electron chi connectivity index (χ1n) is 12.9. The Morgan fingerprint density at radius 2 is 1.73 bits per heavy atom. The molecule has 6 heteroatoms. The van der Waals surface area contributed by atoms with Crippen molar-refractivity contribution >= 4 is 17.5 Å². The van der Waals surface area contributed by atoms with Crippen LogP contribution in [0.15, 0.2) is 60.7 Å². The Morgan fingerprint density at radius 3 is 2.43 bits per heavy atom. The van der Waals surface area contributed by atoms with E-state index in [1.165, 1.54) is 0 Å². The average Bonchev–Trinajstić information content (AvgIpc) is 3.56. The van der Waals surface area contributed by atoms with E-state index in [1.54, 1.807) is 4.90 Å². The van der Waals surface area contributed by atoms with Gasteiger partial charge in [0.1, 0.15) is 0 Å². The number of anilines is 1. The fourth-order valence-corrected chi connectivity index (χ4v) is 4.88. The van der Waals surface area contributed by atoms with Crippen molar-refractivity contribution in [1.29, 1.82) is 0 Å². The van der Waals surface area contributed by atoms with Crippen LogP contribution in [-0.2, 0) is 21.5 Å². The number of carbonyl (C=O) groups is 2. The van der Waals surface area contributed by atoms with Gasteiger partial charge in [-0.05, 0) is 77.8 Å². The summed E-state index contributed by atoms with van der Waals surface area (Å²) in [4.78, 5) is 27.5. The van der Waals surface area contributed by atoms with E-state index >= 15 is 0 Å². The minimum atomic E-state index is -0.521. The summed E-state index contributed by atoms with van der Waals surface area (Å²) in [5.74, 6) is 1.94. The first-order valence-corrected chi connectivity index (χ1v) is 12.9. The second-order valence-corrected chi connectivity index (χ2v) is 10.7. The molecule has 2 amide bonds. The highest BCUT2D eigenvalue weighted by Gasteiger charge is 2.51. The van der Waals surface area contributed by atoms with Crippen molar-refractivity contribution in [3.63, 3.8) is 0 Å². The Labute approximate surface area is 220 Å². The molecule has 1 heterocycles. The Kier molecular flexibility index (Phi) is 6.67. The molecule has 6 nitrogen and oxygen atoms in total. The maximum Gasteiger partial charge on any atom is 0.235 e. The van der Waals surface area contributed by atoms with Crippen molar-refractivity contribution in [3.05, 3.63) is 77.4 Å². The van der Waals surface area contributed by atoms with E-state index < -0.39 is 5.41 Å². The largest absolute Gasteiger partial charge is 0.454 e. The molecule has 194 valence electrons. The zero-order valence-corrected chi connectivity index (χ0v) is 22.0. The van der Waals surface area contributed by atoms with Crippen molar-refractivity contribution in [2.45, 2.75) is 52.0 Å². The fourth-order valence-electron chi connectivity index (χ4n) is 4.88.